The number of aromatic nitrogens is 2. The van der Waals surface area contributed by atoms with Gasteiger partial charge in [-0.1, -0.05) is 12.1 Å². The number of hydrogen-bond acceptors (Lipinski definition) is 4. The Morgan fingerprint density at radius 1 is 1.42 bits per heavy atom. The van der Waals surface area contributed by atoms with E-state index in [4.69, 9.17) is 5.26 Å². The molecule has 0 spiro atoms. The highest BCUT2D eigenvalue weighted by Gasteiger charge is 2.08. The summed E-state index contributed by atoms with van der Waals surface area (Å²) in [5.41, 5.74) is 2.48. The molecule has 5 nitrogen and oxygen atoms in total. The average Bonchev–Trinajstić information content (AvgIpc) is 2.86. The summed E-state index contributed by atoms with van der Waals surface area (Å²) in [7, 11) is 1.36. The van der Waals surface area contributed by atoms with Crippen LogP contribution in [0.1, 0.15) is 16.8 Å². The van der Waals surface area contributed by atoms with Gasteiger partial charge in [-0.15, -0.1) is 0 Å². The van der Waals surface area contributed by atoms with Crippen LogP contribution in [0, 0.1) is 11.3 Å². The van der Waals surface area contributed by atoms with Crippen LogP contribution in [0.2, 0.25) is 0 Å². The summed E-state index contributed by atoms with van der Waals surface area (Å²) in [5, 5.41) is 8.74. The second-order valence-corrected chi connectivity index (χ2v) is 4.07. The quantitative estimate of drug-likeness (QED) is 0.777. The molecule has 2 rings (SSSR count). The van der Waals surface area contributed by atoms with Gasteiger partial charge in [0.2, 0.25) is 0 Å². The first-order chi connectivity index (χ1) is 9.22. The van der Waals surface area contributed by atoms with Crippen molar-refractivity contribution in [2.45, 2.75) is 13.0 Å². The molecule has 0 bridgehead atoms. The van der Waals surface area contributed by atoms with Gasteiger partial charge in [-0.3, -0.25) is 4.79 Å². The van der Waals surface area contributed by atoms with E-state index in [1.54, 1.807) is 24.7 Å². The lowest BCUT2D eigenvalue weighted by Gasteiger charge is -2.07. The standard InChI is InChI=1S/C14H13N3O2/c1-19-14(18)6-13-8-16-10-17(13)9-12-4-2-11(7-15)3-5-12/h2-5,8,10H,6,9H2,1H3. The monoisotopic (exact) mass is 255 g/mol. The molecule has 1 aromatic heterocycles. The zero-order valence-corrected chi connectivity index (χ0v) is 10.5. The van der Waals surface area contributed by atoms with Gasteiger partial charge in [0.05, 0.1) is 31.5 Å². The SMILES string of the molecule is COC(=O)Cc1cncn1Cc1ccc(C#N)cc1. The van der Waals surface area contributed by atoms with Crippen molar-refractivity contribution in [2.24, 2.45) is 0 Å². The topological polar surface area (TPSA) is 67.9 Å². The van der Waals surface area contributed by atoms with Gasteiger partial charge in [-0.05, 0) is 17.7 Å². The number of hydrogen-bond donors (Lipinski definition) is 0. The summed E-state index contributed by atoms with van der Waals surface area (Å²) >= 11 is 0. The Labute approximate surface area is 111 Å². The first-order valence-corrected chi connectivity index (χ1v) is 5.78. The molecule has 0 aliphatic carbocycles. The van der Waals surface area contributed by atoms with Crippen molar-refractivity contribution in [3.8, 4) is 6.07 Å². The molecule has 19 heavy (non-hydrogen) atoms. The Morgan fingerprint density at radius 3 is 2.79 bits per heavy atom. The van der Waals surface area contributed by atoms with Crippen molar-refractivity contribution in [1.29, 1.82) is 5.26 Å². The summed E-state index contributed by atoms with van der Waals surface area (Å²) in [6.45, 7) is 0.609. The number of carbonyl (C=O) groups excluding carboxylic acids is 1. The van der Waals surface area contributed by atoms with Gasteiger partial charge in [-0.2, -0.15) is 5.26 Å². The van der Waals surface area contributed by atoms with Gasteiger partial charge < -0.3 is 9.30 Å². The fourth-order valence-corrected chi connectivity index (χ4v) is 1.74. The third-order valence-electron chi connectivity index (χ3n) is 2.79. The third kappa shape index (κ3) is 3.19. The molecular weight excluding hydrogens is 242 g/mol. The number of nitrogens with zero attached hydrogens (tertiary/aromatic N) is 3. The van der Waals surface area contributed by atoms with Gasteiger partial charge in [0.25, 0.3) is 0 Å². The maximum absolute atomic E-state index is 11.3. The van der Waals surface area contributed by atoms with Crippen LogP contribution in [0.25, 0.3) is 0 Å². The van der Waals surface area contributed by atoms with Crippen molar-refractivity contribution < 1.29 is 9.53 Å². The minimum absolute atomic E-state index is 0.201. The Hall–Kier alpha value is -2.61. The number of rotatable bonds is 4. The first kappa shape index (κ1) is 12.8. The molecule has 0 aliphatic rings. The van der Waals surface area contributed by atoms with Crippen LogP contribution in [-0.2, 0) is 22.5 Å². The lowest BCUT2D eigenvalue weighted by atomic mass is 10.1. The molecule has 2 aromatic rings. The van der Waals surface area contributed by atoms with E-state index < -0.39 is 0 Å². The minimum atomic E-state index is -0.290. The maximum Gasteiger partial charge on any atom is 0.311 e. The van der Waals surface area contributed by atoms with Crippen LogP contribution in [-0.4, -0.2) is 22.6 Å². The molecule has 0 saturated carbocycles. The zero-order valence-electron chi connectivity index (χ0n) is 10.5. The molecule has 0 unspecified atom stereocenters. The summed E-state index contributed by atoms with van der Waals surface area (Å²) in [4.78, 5) is 15.3. The van der Waals surface area contributed by atoms with E-state index in [1.807, 2.05) is 16.7 Å². The fourth-order valence-electron chi connectivity index (χ4n) is 1.74. The Morgan fingerprint density at radius 2 is 2.16 bits per heavy atom. The van der Waals surface area contributed by atoms with E-state index in [0.29, 0.717) is 12.1 Å². The van der Waals surface area contributed by atoms with Crippen molar-refractivity contribution in [1.82, 2.24) is 9.55 Å². The van der Waals surface area contributed by atoms with E-state index in [1.165, 1.54) is 7.11 Å². The molecule has 0 saturated heterocycles. The van der Waals surface area contributed by atoms with E-state index in [9.17, 15) is 4.79 Å². The molecule has 0 fully saturated rings. The summed E-state index contributed by atoms with van der Waals surface area (Å²) in [6, 6.07) is 9.40. The largest absolute Gasteiger partial charge is 0.469 e. The molecule has 0 atom stereocenters. The van der Waals surface area contributed by atoms with Gasteiger partial charge in [0.1, 0.15) is 0 Å². The lowest BCUT2D eigenvalue weighted by Crippen LogP contribution is -2.10. The first-order valence-electron chi connectivity index (χ1n) is 5.78. The molecular formula is C14H13N3O2. The summed E-state index contributed by atoms with van der Waals surface area (Å²) in [5.74, 6) is -0.290. The lowest BCUT2D eigenvalue weighted by molar-refractivity contribution is -0.139. The van der Waals surface area contributed by atoms with Crippen LogP contribution < -0.4 is 0 Å². The van der Waals surface area contributed by atoms with Crippen LogP contribution in [0.15, 0.2) is 36.8 Å². The van der Waals surface area contributed by atoms with E-state index >= 15 is 0 Å². The van der Waals surface area contributed by atoms with Crippen LogP contribution in [0.5, 0.6) is 0 Å². The molecule has 1 aromatic carbocycles. The van der Waals surface area contributed by atoms with E-state index in [-0.39, 0.29) is 12.4 Å². The van der Waals surface area contributed by atoms with Crippen LogP contribution in [0.4, 0.5) is 0 Å². The number of nitriles is 1. The third-order valence-corrected chi connectivity index (χ3v) is 2.79. The van der Waals surface area contributed by atoms with Gasteiger partial charge in [0, 0.05) is 18.4 Å². The van der Waals surface area contributed by atoms with Crippen molar-refractivity contribution in [3.63, 3.8) is 0 Å². The van der Waals surface area contributed by atoms with Gasteiger partial charge in [-0.25, -0.2) is 4.98 Å². The number of esters is 1. The molecule has 1 heterocycles. The molecule has 5 heteroatoms. The summed E-state index contributed by atoms with van der Waals surface area (Å²) in [6.07, 6.45) is 3.53. The van der Waals surface area contributed by atoms with Crippen molar-refractivity contribution in [2.75, 3.05) is 7.11 Å². The maximum atomic E-state index is 11.3. The minimum Gasteiger partial charge on any atom is -0.469 e. The predicted octanol–water partition coefficient (Wildman–Crippen LogP) is 1.52. The number of benzene rings is 1. The van der Waals surface area contributed by atoms with Crippen LogP contribution >= 0.6 is 0 Å². The molecule has 96 valence electrons. The predicted molar refractivity (Wildman–Crippen MR) is 68.2 cm³/mol. The molecule has 0 radical (unpaired) electrons. The fraction of sp³-hybridized carbons (Fsp3) is 0.214. The van der Waals surface area contributed by atoms with E-state index in [2.05, 4.69) is 15.8 Å². The summed E-state index contributed by atoms with van der Waals surface area (Å²) < 4.78 is 6.53. The van der Waals surface area contributed by atoms with Gasteiger partial charge >= 0.3 is 5.97 Å². The van der Waals surface area contributed by atoms with E-state index in [0.717, 1.165) is 11.3 Å². The average molecular weight is 255 g/mol. The second kappa shape index (κ2) is 5.83. The number of methoxy groups -OCH3 is 1. The molecule has 0 amide bonds. The van der Waals surface area contributed by atoms with Crippen molar-refractivity contribution >= 4 is 5.97 Å². The zero-order chi connectivity index (χ0) is 13.7. The van der Waals surface area contributed by atoms with Crippen molar-refractivity contribution in [3.05, 3.63) is 53.6 Å². The second-order valence-electron chi connectivity index (χ2n) is 4.07. The highest BCUT2D eigenvalue weighted by Crippen LogP contribution is 2.09. The number of imidazole rings is 1. The van der Waals surface area contributed by atoms with Gasteiger partial charge in [0.15, 0.2) is 0 Å². The molecule has 0 N–H and O–H groups in total. The number of ether oxygens (including phenoxy) is 1. The smallest absolute Gasteiger partial charge is 0.311 e. The molecule has 0 aliphatic heterocycles. The normalized spacial score (nSPS) is 9.89. The van der Waals surface area contributed by atoms with Crippen LogP contribution in [0.3, 0.4) is 0 Å². The Kier molecular flexibility index (Phi) is 3.94. The highest BCUT2D eigenvalue weighted by atomic mass is 16.5. The Bertz CT molecular complexity index is 608. The highest BCUT2D eigenvalue weighted by molar-refractivity contribution is 5.71. The Balaban J connectivity index is 2.12. The number of carbonyl (C=O) groups is 1.